The van der Waals surface area contributed by atoms with Crippen molar-refractivity contribution in [2.24, 2.45) is 7.05 Å². The number of aliphatic hydroxyl groups is 1. The Labute approximate surface area is 117 Å². The van der Waals surface area contributed by atoms with Gasteiger partial charge in [0, 0.05) is 31.3 Å². The van der Waals surface area contributed by atoms with Crippen LogP contribution >= 0.6 is 0 Å². The predicted octanol–water partition coefficient (Wildman–Crippen LogP) is 0.670. The lowest BCUT2D eigenvalue weighted by Crippen LogP contribution is -2.28. The molecule has 0 radical (unpaired) electrons. The van der Waals surface area contributed by atoms with E-state index in [4.69, 9.17) is 5.11 Å². The predicted molar refractivity (Wildman–Crippen MR) is 73.3 cm³/mol. The van der Waals surface area contributed by atoms with Crippen LogP contribution in [0.1, 0.15) is 30.9 Å². The van der Waals surface area contributed by atoms with Crippen LogP contribution in [0.2, 0.25) is 0 Å². The Bertz CT molecular complexity index is 661. The van der Waals surface area contributed by atoms with Crippen LogP contribution in [-0.4, -0.2) is 28.1 Å². The van der Waals surface area contributed by atoms with Crippen LogP contribution in [0.25, 0.3) is 0 Å². The van der Waals surface area contributed by atoms with Gasteiger partial charge in [-0.3, -0.25) is 0 Å². The SMILES string of the molecule is CCC(NS(=O)(=O)c1cc(CO)n(C)c1)c1ncc[nH]1. The lowest BCUT2D eigenvalue weighted by Gasteiger charge is -2.14. The van der Waals surface area contributed by atoms with Gasteiger partial charge in [0.15, 0.2) is 0 Å². The molecule has 0 aliphatic heterocycles. The first-order valence-corrected chi connectivity index (χ1v) is 7.74. The monoisotopic (exact) mass is 298 g/mol. The van der Waals surface area contributed by atoms with Crippen molar-refractivity contribution in [2.75, 3.05) is 0 Å². The van der Waals surface area contributed by atoms with E-state index in [1.165, 1.54) is 12.3 Å². The number of hydrogen-bond acceptors (Lipinski definition) is 4. The third-order valence-corrected chi connectivity index (χ3v) is 4.55. The molecule has 0 saturated carbocycles. The first-order chi connectivity index (χ1) is 9.47. The highest BCUT2D eigenvalue weighted by atomic mass is 32.2. The van der Waals surface area contributed by atoms with E-state index in [1.54, 1.807) is 24.0 Å². The molecule has 0 bridgehead atoms. The minimum atomic E-state index is -3.65. The third-order valence-electron chi connectivity index (χ3n) is 3.11. The second-order valence-electron chi connectivity index (χ2n) is 4.49. The second-order valence-corrected chi connectivity index (χ2v) is 6.21. The minimum Gasteiger partial charge on any atom is -0.390 e. The van der Waals surface area contributed by atoms with Crippen LogP contribution in [0, 0.1) is 0 Å². The molecule has 0 aromatic carbocycles. The van der Waals surface area contributed by atoms with E-state index in [9.17, 15) is 8.42 Å². The molecule has 20 heavy (non-hydrogen) atoms. The number of imidazole rings is 1. The average molecular weight is 298 g/mol. The normalized spacial score (nSPS) is 13.6. The molecule has 0 amide bonds. The Balaban J connectivity index is 2.25. The highest BCUT2D eigenvalue weighted by molar-refractivity contribution is 7.89. The van der Waals surface area contributed by atoms with Crippen LogP contribution in [0.5, 0.6) is 0 Å². The quantitative estimate of drug-likeness (QED) is 0.729. The van der Waals surface area contributed by atoms with Gasteiger partial charge in [-0.15, -0.1) is 0 Å². The van der Waals surface area contributed by atoms with Gasteiger partial charge in [0.25, 0.3) is 0 Å². The topological polar surface area (TPSA) is 100 Å². The van der Waals surface area contributed by atoms with Crippen LogP contribution in [0.4, 0.5) is 0 Å². The Morgan fingerprint density at radius 1 is 1.55 bits per heavy atom. The number of aromatic amines is 1. The zero-order chi connectivity index (χ0) is 14.8. The molecule has 0 spiro atoms. The number of nitrogens with zero attached hydrogens (tertiary/aromatic N) is 2. The minimum absolute atomic E-state index is 0.133. The molecular formula is C12H18N4O3S. The molecule has 110 valence electrons. The van der Waals surface area contributed by atoms with Crippen LogP contribution in [-0.2, 0) is 23.7 Å². The molecule has 2 rings (SSSR count). The smallest absolute Gasteiger partial charge is 0.242 e. The Morgan fingerprint density at radius 3 is 2.80 bits per heavy atom. The summed E-state index contributed by atoms with van der Waals surface area (Å²) in [5.74, 6) is 0.578. The van der Waals surface area contributed by atoms with Crippen molar-refractivity contribution < 1.29 is 13.5 Å². The van der Waals surface area contributed by atoms with Crippen molar-refractivity contribution in [3.8, 4) is 0 Å². The maximum absolute atomic E-state index is 12.3. The third kappa shape index (κ3) is 2.92. The van der Waals surface area contributed by atoms with E-state index >= 15 is 0 Å². The van der Waals surface area contributed by atoms with Gasteiger partial charge in [-0.1, -0.05) is 6.92 Å². The number of H-pyrrole nitrogens is 1. The van der Waals surface area contributed by atoms with Crippen LogP contribution < -0.4 is 4.72 Å². The Morgan fingerprint density at radius 2 is 2.30 bits per heavy atom. The van der Waals surface area contributed by atoms with E-state index < -0.39 is 16.1 Å². The summed E-state index contributed by atoms with van der Waals surface area (Å²) in [6, 6.07) is 1.05. The van der Waals surface area contributed by atoms with Crippen molar-refractivity contribution >= 4 is 10.0 Å². The van der Waals surface area contributed by atoms with Gasteiger partial charge in [-0.2, -0.15) is 0 Å². The number of aliphatic hydroxyl groups excluding tert-OH is 1. The summed E-state index contributed by atoms with van der Waals surface area (Å²) in [4.78, 5) is 7.12. The Kier molecular flexibility index (Phi) is 4.26. The standard InChI is InChI=1S/C12H18N4O3S/c1-3-11(12-13-4-5-14-12)15-20(18,19)10-6-9(8-17)16(2)7-10/h4-7,11,15,17H,3,8H2,1-2H3,(H,13,14). The van der Waals surface area contributed by atoms with Crippen molar-refractivity contribution in [3.63, 3.8) is 0 Å². The molecule has 0 saturated heterocycles. The summed E-state index contributed by atoms with van der Waals surface area (Å²) < 4.78 is 28.9. The second kappa shape index (κ2) is 5.78. The first kappa shape index (κ1) is 14.8. The van der Waals surface area contributed by atoms with Gasteiger partial charge in [-0.05, 0) is 12.5 Å². The van der Waals surface area contributed by atoms with Gasteiger partial charge < -0.3 is 14.7 Å². The number of sulfonamides is 1. The maximum atomic E-state index is 12.3. The summed E-state index contributed by atoms with van der Waals surface area (Å²) in [7, 11) is -1.96. The van der Waals surface area contributed by atoms with Crippen molar-refractivity contribution in [1.29, 1.82) is 0 Å². The largest absolute Gasteiger partial charge is 0.390 e. The fraction of sp³-hybridized carbons (Fsp3) is 0.417. The highest BCUT2D eigenvalue weighted by Gasteiger charge is 2.23. The van der Waals surface area contributed by atoms with Gasteiger partial charge in [-0.25, -0.2) is 18.1 Å². The fourth-order valence-corrected chi connectivity index (χ4v) is 3.31. The van der Waals surface area contributed by atoms with Crippen LogP contribution in [0.15, 0.2) is 29.6 Å². The number of aromatic nitrogens is 3. The van der Waals surface area contributed by atoms with Gasteiger partial charge in [0.1, 0.15) is 5.82 Å². The number of rotatable bonds is 6. The highest BCUT2D eigenvalue weighted by Crippen LogP contribution is 2.19. The van der Waals surface area contributed by atoms with Gasteiger partial charge in [0.2, 0.25) is 10.0 Å². The number of aryl methyl sites for hydroxylation is 1. The Hall–Kier alpha value is -1.64. The molecule has 0 fully saturated rings. The lowest BCUT2D eigenvalue weighted by molar-refractivity contribution is 0.272. The first-order valence-electron chi connectivity index (χ1n) is 6.25. The number of hydrogen-bond donors (Lipinski definition) is 3. The van der Waals surface area contributed by atoms with E-state index in [0.717, 1.165) is 0 Å². The molecular weight excluding hydrogens is 280 g/mol. The van der Waals surface area contributed by atoms with E-state index in [0.29, 0.717) is 17.9 Å². The van der Waals surface area contributed by atoms with Crippen molar-refractivity contribution in [1.82, 2.24) is 19.3 Å². The number of nitrogens with one attached hydrogen (secondary N) is 2. The summed E-state index contributed by atoms with van der Waals surface area (Å²) in [5, 5.41) is 9.12. The van der Waals surface area contributed by atoms with Crippen molar-refractivity contribution in [3.05, 3.63) is 36.2 Å². The lowest BCUT2D eigenvalue weighted by atomic mass is 10.2. The molecule has 2 aromatic heterocycles. The molecule has 3 N–H and O–H groups in total. The maximum Gasteiger partial charge on any atom is 0.242 e. The zero-order valence-corrected chi connectivity index (χ0v) is 12.2. The van der Waals surface area contributed by atoms with Gasteiger partial charge >= 0.3 is 0 Å². The molecule has 7 nitrogen and oxygen atoms in total. The molecule has 8 heteroatoms. The molecule has 1 unspecified atom stereocenters. The van der Waals surface area contributed by atoms with Crippen LogP contribution in [0.3, 0.4) is 0 Å². The summed E-state index contributed by atoms with van der Waals surface area (Å²) in [6.45, 7) is 1.67. The average Bonchev–Trinajstić information content (AvgIpc) is 3.05. The van der Waals surface area contributed by atoms with Crippen molar-refractivity contribution in [2.45, 2.75) is 30.9 Å². The summed E-state index contributed by atoms with van der Waals surface area (Å²) in [6.07, 6.45) is 5.28. The van der Waals surface area contributed by atoms with E-state index in [-0.39, 0.29) is 11.5 Å². The van der Waals surface area contributed by atoms with Gasteiger partial charge in [0.05, 0.1) is 17.5 Å². The fourth-order valence-electron chi connectivity index (χ4n) is 1.94. The summed E-state index contributed by atoms with van der Waals surface area (Å²) >= 11 is 0. The summed E-state index contributed by atoms with van der Waals surface area (Å²) in [5.41, 5.74) is 0.538. The molecule has 2 heterocycles. The molecule has 0 aliphatic rings. The molecule has 2 aromatic rings. The van der Waals surface area contributed by atoms with E-state index in [2.05, 4.69) is 14.7 Å². The van der Waals surface area contributed by atoms with E-state index in [1.807, 2.05) is 6.92 Å². The molecule has 0 aliphatic carbocycles. The zero-order valence-electron chi connectivity index (χ0n) is 11.4. The molecule has 1 atom stereocenters.